The van der Waals surface area contributed by atoms with Crippen molar-refractivity contribution in [1.82, 2.24) is 20.4 Å². The summed E-state index contributed by atoms with van der Waals surface area (Å²) in [6.45, 7) is 5.22. The summed E-state index contributed by atoms with van der Waals surface area (Å²) in [6.07, 6.45) is 1.48. The third kappa shape index (κ3) is 4.27. The predicted molar refractivity (Wildman–Crippen MR) is 116 cm³/mol. The van der Waals surface area contributed by atoms with E-state index in [1.165, 1.54) is 0 Å². The minimum Gasteiger partial charge on any atom is -0.349 e. The molecule has 1 saturated heterocycles. The molecule has 2 N–H and O–H groups in total. The molecule has 2 heterocycles. The number of H-pyrrole nitrogens is 1. The summed E-state index contributed by atoms with van der Waals surface area (Å²) in [5.41, 5.74) is 5.15. The summed E-state index contributed by atoms with van der Waals surface area (Å²) in [5, 5.41) is 10.3. The van der Waals surface area contributed by atoms with E-state index >= 15 is 0 Å². The summed E-state index contributed by atoms with van der Waals surface area (Å²) < 4.78 is 0. The number of nitrogens with zero attached hydrogens (tertiary/aromatic N) is 2. The van der Waals surface area contributed by atoms with Crippen LogP contribution in [-0.2, 0) is 0 Å². The lowest BCUT2D eigenvalue weighted by Gasteiger charge is -2.32. The van der Waals surface area contributed by atoms with Crippen LogP contribution in [0.5, 0.6) is 0 Å². The number of hydrogen-bond donors (Lipinski definition) is 2. The fourth-order valence-electron chi connectivity index (χ4n) is 3.88. The van der Waals surface area contributed by atoms with Crippen molar-refractivity contribution in [2.24, 2.45) is 0 Å². The Morgan fingerprint density at radius 2 is 1.80 bits per heavy atom. The van der Waals surface area contributed by atoms with Crippen LogP contribution in [0.2, 0.25) is 0 Å². The average molecular weight is 402 g/mol. The van der Waals surface area contributed by atoms with Crippen molar-refractivity contribution < 1.29 is 9.59 Å². The fourth-order valence-corrected chi connectivity index (χ4v) is 3.88. The Hall–Kier alpha value is -3.41. The molecular formula is C24H26N4O2. The monoisotopic (exact) mass is 402 g/mol. The highest BCUT2D eigenvalue weighted by Gasteiger charge is 2.26. The zero-order valence-corrected chi connectivity index (χ0v) is 17.3. The molecule has 1 aliphatic rings. The van der Waals surface area contributed by atoms with Gasteiger partial charge in [0.2, 0.25) is 0 Å². The van der Waals surface area contributed by atoms with E-state index in [2.05, 4.69) is 15.5 Å². The highest BCUT2D eigenvalue weighted by atomic mass is 16.2. The molecule has 2 amide bonds. The van der Waals surface area contributed by atoms with Gasteiger partial charge in [-0.1, -0.05) is 42.0 Å². The van der Waals surface area contributed by atoms with Crippen LogP contribution in [0.25, 0.3) is 11.3 Å². The summed E-state index contributed by atoms with van der Waals surface area (Å²) >= 11 is 0. The van der Waals surface area contributed by atoms with Crippen LogP contribution in [0.4, 0.5) is 0 Å². The van der Waals surface area contributed by atoms with Gasteiger partial charge in [-0.3, -0.25) is 14.7 Å². The second-order valence-corrected chi connectivity index (χ2v) is 7.89. The van der Waals surface area contributed by atoms with E-state index < -0.39 is 0 Å². The molecule has 2 aromatic carbocycles. The van der Waals surface area contributed by atoms with Gasteiger partial charge in [-0.05, 0) is 50.5 Å². The van der Waals surface area contributed by atoms with Crippen molar-refractivity contribution in [3.8, 4) is 11.3 Å². The van der Waals surface area contributed by atoms with Gasteiger partial charge in [0.05, 0.1) is 5.69 Å². The molecule has 3 aromatic rings. The SMILES string of the molecule is Cc1cccc(C(=O)NC2CCN(C(=O)c3cc(-c4ccccc4C)n[nH]3)CC2)c1. The largest absolute Gasteiger partial charge is 0.349 e. The standard InChI is InChI=1S/C24H26N4O2/c1-16-6-5-8-18(14-16)23(29)25-19-10-12-28(13-11-19)24(30)22-15-21(26-27-22)20-9-4-3-7-17(20)2/h3-9,14-15,19H,10-13H2,1-2H3,(H,25,29)(H,26,27). The highest BCUT2D eigenvalue weighted by molar-refractivity contribution is 5.95. The van der Waals surface area contributed by atoms with Crippen LogP contribution < -0.4 is 5.32 Å². The quantitative estimate of drug-likeness (QED) is 0.698. The molecule has 1 aromatic heterocycles. The number of likely N-dealkylation sites (tertiary alicyclic amines) is 1. The Kier molecular flexibility index (Phi) is 5.65. The van der Waals surface area contributed by atoms with Crippen LogP contribution >= 0.6 is 0 Å². The number of benzene rings is 2. The molecule has 154 valence electrons. The third-order valence-electron chi connectivity index (χ3n) is 5.63. The molecule has 6 heteroatoms. The van der Waals surface area contributed by atoms with Gasteiger partial charge in [0.1, 0.15) is 5.69 Å². The van der Waals surface area contributed by atoms with Gasteiger partial charge in [0.25, 0.3) is 11.8 Å². The molecule has 4 rings (SSSR count). The first kappa shape index (κ1) is 19.9. The molecule has 0 radical (unpaired) electrons. The van der Waals surface area contributed by atoms with Crippen LogP contribution in [0.15, 0.2) is 54.6 Å². The Bertz CT molecular complexity index is 1060. The van der Waals surface area contributed by atoms with Crippen molar-refractivity contribution in [1.29, 1.82) is 0 Å². The Morgan fingerprint density at radius 1 is 1.03 bits per heavy atom. The summed E-state index contributed by atoms with van der Waals surface area (Å²) in [5.74, 6) is -0.106. The molecular weight excluding hydrogens is 376 g/mol. The lowest BCUT2D eigenvalue weighted by Crippen LogP contribution is -2.46. The first-order valence-corrected chi connectivity index (χ1v) is 10.3. The first-order chi connectivity index (χ1) is 14.5. The van der Waals surface area contributed by atoms with E-state index in [-0.39, 0.29) is 17.9 Å². The molecule has 1 aliphatic heterocycles. The molecule has 1 fully saturated rings. The van der Waals surface area contributed by atoms with E-state index in [0.29, 0.717) is 24.3 Å². The molecule has 0 atom stereocenters. The van der Waals surface area contributed by atoms with Gasteiger partial charge in [0, 0.05) is 30.3 Å². The lowest BCUT2D eigenvalue weighted by atomic mass is 10.0. The number of piperidine rings is 1. The molecule has 0 aliphatic carbocycles. The van der Waals surface area contributed by atoms with Crippen molar-refractivity contribution in [2.75, 3.05) is 13.1 Å². The normalized spacial score (nSPS) is 14.5. The third-order valence-corrected chi connectivity index (χ3v) is 5.63. The second-order valence-electron chi connectivity index (χ2n) is 7.89. The summed E-state index contributed by atoms with van der Waals surface area (Å²) in [6, 6.07) is 17.4. The predicted octanol–water partition coefficient (Wildman–Crippen LogP) is 3.73. The van der Waals surface area contributed by atoms with Crippen molar-refractivity contribution in [3.63, 3.8) is 0 Å². The highest BCUT2D eigenvalue weighted by Crippen LogP contribution is 2.22. The Morgan fingerprint density at radius 3 is 2.53 bits per heavy atom. The van der Waals surface area contributed by atoms with Crippen molar-refractivity contribution >= 4 is 11.8 Å². The van der Waals surface area contributed by atoms with Gasteiger partial charge in [-0.2, -0.15) is 5.10 Å². The Balaban J connectivity index is 1.35. The zero-order chi connectivity index (χ0) is 21.1. The van der Waals surface area contributed by atoms with E-state index in [1.807, 2.05) is 73.3 Å². The molecule has 0 saturated carbocycles. The molecule has 0 unspecified atom stereocenters. The lowest BCUT2D eigenvalue weighted by molar-refractivity contribution is 0.0692. The van der Waals surface area contributed by atoms with E-state index in [9.17, 15) is 9.59 Å². The van der Waals surface area contributed by atoms with Crippen LogP contribution in [-0.4, -0.2) is 46.0 Å². The van der Waals surface area contributed by atoms with E-state index in [0.717, 1.165) is 35.2 Å². The summed E-state index contributed by atoms with van der Waals surface area (Å²) in [7, 11) is 0. The number of hydrogen-bond acceptors (Lipinski definition) is 3. The maximum absolute atomic E-state index is 12.9. The number of rotatable bonds is 4. The van der Waals surface area contributed by atoms with E-state index in [4.69, 9.17) is 0 Å². The molecule has 0 spiro atoms. The maximum atomic E-state index is 12.9. The van der Waals surface area contributed by atoms with Gasteiger partial charge < -0.3 is 10.2 Å². The van der Waals surface area contributed by atoms with Crippen molar-refractivity contribution in [2.45, 2.75) is 32.7 Å². The topological polar surface area (TPSA) is 78.1 Å². The van der Waals surface area contributed by atoms with Crippen LogP contribution in [0.3, 0.4) is 0 Å². The number of carbonyl (C=O) groups excluding carboxylic acids is 2. The average Bonchev–Trinajstić information content (AvgIpc) is 3.24. The number of aryl methyl sites for hydroxylation is 2. The number of nitrogens with one attached hydrogen (secondary N) is 2. The Labute approximate surface area is 176 Å². The van der Waals surface area contributed by atoms with Crippen LogP contribution in [0.1, 0.15) is 44.8 Å². The molecule has 6 nitrogen and oxygen atoms in total. The minimum atomic E-state index is -0.0556. The first-order valence-electron chi connectivity index (χ1n) is 10.3. The fraction of sp³-hybridized carbons (Fsp3) is 0.292. The van der Waals surface area contributed by atoms with Crippen LogP contribution in [0, 0.1) is 13.8 Å². The van der Waals surface area contributed by atoms with Crippen molar-refractivity contribution in [3.05, 3.63) is 77.0 Å². The van der Waals surface area contributed by atoms with Gasteiger partial charge in [-0.25, -0.2) is 0 Å². The van der Waals surface area contributed by atoms with Gasteiger partial charge >= 0.3 is 0 Å². The molecule has 30 heavy (non-hydrogen) atoms. The number of amides is 2. The number of aromatic nitrogens is 2. The zero-order valence-electron chi connectivity index (χ0n) is 17.3. The molecule has 0 bridgehead atoms. The minimum absolute atomic E-state index is 0.0502. The number of carbonyl (C=O) groups is 2. The number of aromatic amines is 1. The summed E-state index contributed by atoms with van der Waals surface area (Å²) in [4.78, 5) is 27.2. The van der Waals surface area contributed by atoms with Gasteiger partial charge in [0.15, 0.2) is 0 Å². The maximum Gasteiger partial charge on any atom is 0.271 e. The van der Waals surface area contributed by atoms with E-state index in [1.54, 1.807) is 0 Å². The second kappa shape index (κ2) is 8.53. The van der Waals surface area contributed by atoms with Gasteiger partial charge in [-0.15, -0.1) is 0 Å². The smallest absolute Gasteiger partial charge is 0.271 e.